The summed E-state index contributed by atoms with van der Waals surface area (Å²) in [6.45, 7) is 8.08. The molecule has 4 saturated carbocycles. The summed E-state index contributed by atoms with van der Waals surface area (Å²) in [5, 5.41) is 3.00. The molecule has 7 atom stereocenters. The third-order valence-electron chi connectivity index (χ3n) is 9.87. The second kappa shape index (κ2) is 7.13. The van der Waals surface area contributed by atoms with Crippen molar-refractivity contribution >= 4 is 5.91 Å². The highest BCUT2D eigenvalue weighted by atomic mass is 16.1. The van der Waals surface area contributed by atoms with Gasteiger partial charge in [0.25, 0.3) is 0 Å². The van der Waals surface area contributed by atoms with Crippen molar-refractivity contribution < 1.29 is 4.79 Å². The fourth-order valence-corrected chi connectivity index (χ4v) is 8.47. The van der Waals surface area contributed by atoms with E-state index in [2.05, 4.69) is 19.2 Å². The van der Waals surface area contributed by atoms with E-state index in [9.17, 15) is 4.79 Å². The maximum absolute atomic E-state index is 12.0. The first-order chi connectivity index (χ1) is 12.5. The molecule has 4 aliphatic rings. The molecule has 0 spiro atoms. The Labute approximate surface area is 161 Å². The van der Waals surface area contributed by atoms with Crippen LogP contribution < -0.4 is 5.32 Å². The molecule has 4 fully saturated rings. The van der Waals surface area contributed by atoms with Crippen molar-refractivity contribution in [3.05, 3.63) is 0 Å². The second-order valence-corrected chi connectivity index (χ2v) is 10.7. The van der Waals surface area contributed by atoms with Crippen molar-refractivity contribution in [3.63, 3.8) is 0 Å². The van der Waals surface area contributed by atoms with Gasteiger partial charge in [-0.3, -0.25) is 4.79 Å². The van der Waals surface area contributed by atoms with E-state index in [0.717, 1.165) is 49.0 Å². The molecule has 0 saturated heterocycles. The number of amides is 1. The molecule has 1 amide bonds. The molecule has 4 aliphatic carbocycles. The number of fused-ring (bicyclic) bond motifs is 5. The number of rotatable bonds is 4. The van der Waals surface area contributed by atoms with Crippen molar-refractivity contribution in [3.8, 4) is 0 Å². The standard InChI is InChI=1S/C24H41NO/c1-4-25-22(26)13-10-18-9-12-20-19-11-8-17-7-5-6-15-23(17,2)21(19)14-16-24(18,20)3/h17-21H,4-16H2,1-3H3,(H,25,26)/t17?,18?,19-,20-,21+,23-,24+/m0/s1. The SMILES string of the molecule is CCNC(=O)CCC1CC[C@H]2[C@@H]3CCC4CCCC[C@]4(C)[C@@H]3CC[C@]12C. The van der Waals surface area contributed by atoms with Crippen LogP contribution in [0.1, 0.15) is 97.8 Å². The lowest BCUT2D eigenvalue weighted by Crippen LogP contribution is -2.52. The van der Waals surface area contributed by atoms with E-state index >= 15 is 0 Å². The summed E-state index contributed by atoms with van der Waals surface area (Å²) in [6, 6.07) is 0. The Kier molecular flexibility index (Phi) is 5.16. The number of hydrogen-bond donors (Lipinski definition) is 1. The first-order valence-electron chi connectivity index (χ1n) is 11.8. The fourth-order valence-electron chi connectivity index (χ4n) is 8.47. The van der Waals surface area contributed by atoms with Crippen LogP contribution in [0.2, 0.25) is 0 Å². The first-order valence-corrected chi connectivity index (χ1v) is 11.8. The van der Waals surface area contributed by atoms with Crippen LogP contribution in [0.15, 0.2) is 0 Å². The van der Waals surface area contributed by atoms with Gasteiger partial charge in [0.15, 0.2) is 0 Å². The lowest BCUT2D eigenvalue weighted by molar-refractivity contribution is -0.122. The van der Waals surface area contributed by atoms with Crippen molar-refractivity contribution in [1.82, 2.24) is 5.32 Å². The van der Waals surface area contributed by atoms with Gasteiger partial charge in [0.1, 0.15) is 0 Å². The molecule has 0 heterocycles. The number of carbonyl (C=O) groups is 1. The van der Waals surface area contributed by atoms with Gasteiger partial charge in [-0.15, -0.1) is 0 Å². The summed E-state index contributed by atoms with van der Waals surface area (Å²) in [4.78, 5) is 12.0. The van der Waals surface area contributed by atoms with Crippen molar-refractivity contribution in [1.29, 1.82) is 0 Å². The Morgan fingerprint density at radius 1 is 0.923 bits per heavy atom. The molecular weight excluding hydrogens is 318 g/mol. The van der Waals surface area contributed by atoms with Crippen LogP contribution in [0.5, 0.6) is 0 Å². The van der Waals surface area contributed by atoms with Gasteiger partial charge in [-0.25, -0.2) is 0 Å². The van der Waals surface area contributed by atoms with Crippen molar-refractivity contribution in [2.45, 2.75) is 97.8 Å². The molecule has 26 heavy (non-hydrogen) atoms. The Bertz CT molecular complexity index is 530. The Hall–Kier alpha value is -0.530. The topological polar surface area (TPSA) is 29.1 Å². The molecule has 0 radical (unpaired) electrons. The van der Waals surface area contributed by atoms with E-state index in [1.54, 1.807) is 0 Å². The van der Waals surface area contributed by atoms with Gasteiger partial charge in [-0.2, -0.15) is 0 Å². The lowest BCUT2D eigenvalue weighted by atomic mass is 9.45. The zero-order valence-electron chi connectivity index (χ0n) is 17.5. The molecule has 0 aromatic rings. The van der Waals surface area contributed by atoms with E-state index in [1.165, 1.54) is 64.2 Å². The summed E-state index contributed by atoms with van der Waals surface area (Å²) < 4.78 is 0. The van der Waals surface area contributed by atoms with Gasteiger partial charge in [-0.05, 0) is 105 Å². The smallest absolute Gasteiger partial charge is 0.219 e. The molecule has 0 aromatic heterocycles. The largest absolute Gasteiger partial charge is 0.356 e. The van der Waals surface area contributed by atoms with Crippen LogP contribution in [0.4, 0.5) is 0 Å². The predicted octanol–water partition coefficient (Wildman–Crippen LogP) is 5.95. The second-order valence-electron chi connectivity index (χ2n) is 10.7. The average Bonchev–Trinajstić information content (AvgIpc) is 2.96. The molecule has 148 valence electrons. The Balaban J connectivity index is 1.47. The number of hydrogen-bond acceptors (Lipinski definition) is 1. The van der Waals surface area contributed by atoms with Crippen LogP contribution in [0.3, 0.4) is 0 Å². The highest BCUT2D eigenvalue weighted by Crippen LogP contribution is 2.67. The van der Waals surface area contributed by atoms with E-state index in [1.807, 2.05) is 6.92 Å². The van der Waals surface area contributed by atoms with Crippen LogP contribution >= 0.6 is 0 Å². The molecular formula is C24H41NO. The zero-order chi connectivity index (χ0) is 18.4. The van der Waals surface area contributed by atoms with Crippen LogP contribution in [-0.2, 0) is 4.79 Å². The van der Waals surface area contributed by atoms with Gasteiger partial charge < -0.3 is 5.32 Å². The monoisotopic (exact) mass is 359 g/mol. The molecule has 2 unspecified atom stereocenters. The van der Waals surface area contributed by atoms with Gasteiger partial charge in [-0.1, -0.05) is 26.7 Å². The average molecular weight is 360 g/mol. The van der Waals surface area contributed by atoms with E-state index in [-0.39, 0.29) is 5.91 Å². The van der Waals surface area contributed by atoms with E-state index < -0.39 is 0 Å². The molecule has 0 bridgehead atoms. The fraction of sp³-hybridized carbons (Fsp3) is 0.958. The van der Waals surface area contributed by atoms with Gasteiger partial charge >= 0.3 is 0 Å². The van der Waals surface area contributed by atoms with Crippen LogP contribution in [-0.4, -0.2) is 12.5 Å². The van der Waals surface area contributed by atoms with Gasteiger partial charge in [0, 0.05) is 13.0 Å². The van der Waals surface area contributed by atoms with Gasteiger partial charge in [0.05, 0.1) is 0 Å². The summed E-state index contributed by atoms with van der Waals surface area (Å²) >= 11 is 0. The third kappa shape index (κ3) is 2.94. The summed E-state index contributed by atoms with van der Waals surface area (Å²) in [5.74, 6) is 5.01. The first kappa shape index (κ1) is 18.8. The number of nitrogens with one attached hydrogen (secondary N) is 1. The van der Waals surface area contributed by atoms with Crippen molar-refractivity contribution in [2.75, 3.05) is 6.54 Å². The summed E-state index contributed by atoms with van der Waals surface area (Å²) in [6.07, 6.45) is 16.6. The third-order valence-corrected chi connectivity index (χ3v) is 9.87. The normalized spacial score (nSPS) is 47.6. The van der Waals surface area contributed by atoms with E-state index in [4.69, 9.17) is 0 Å². The van der Waals surface area contributed by atoms with Crippen LogP contribution in [0, 0.1) is 40.4 Å². The Morgan fingerprint density at radius 3 is 2.54 bits per heavy atom. The van der Waals surface area contributed by atoms with Crippen molar-refractivity contribution in [2.24, 2.45) is 40.4 Å². The zero-order valence-corrected chi connectivity index (χ0v) is 17.5. The summed E-state index contributed by atoms with van der Waals surface area (Å²) in [7, 11) is 0. The highest BCUT2D eigenvalue weighted by Gasteiger charge is 2.59. The molecule has 2 nitrogen and oxygen atoms in total. The Morgan fingerprint density at radius 2 is 1.73 bits per heavy atom. The summed E-state index contributed by atoms with van der Waals surface area (Å²) in [5.41, 5.74) is 1.17. The number of carbonyl (C=O) groups excluding carboxylic acids is 1. The van der Waals surface area contributed by atoms with Crippen LogP contribution in [0.25, 0.3) is 0 Å². The molecule has 0 aliphatic heterocycles. The minimum absolute atomic E-state index is 0.267. The molecule has 1 N–H and O–H groups in total. The maximum atomic E-state index is 12.0. The highest BCUT2D eigenvalue weighted by molar-refractivity contribution is 5.75. The maximum Gasteiger partial charge on any atom is 0.219 e. The predicted molar refractivity (Wildman–Crippen MR) is 108 cm³/mol. The van der Waals surface area contributed by atoms with E-state index in [0.29, 0.717) is 10.8 Å². The quantitative estimate of drug-likeness (QED) is 0.660. The van der Waals surface area contributed by atoms with Gasteiger partial charge in [0.2, 0.25) is 5.91 Å². The lowest BCUT2D eigenvalue weighted by Gasteiger charge is -2.60. The minimum atomic E-state index is 0.267. The molecule has 0 aromatic carbocycles. The minimum Gasteiger partial charge on any atom is -0.356 e. The molecule has 2 heteroatoms. The molecule has 4 rings (SSSR count).